The van der Waals surface area contributed by atoms with E-state index in [1.807, 2.05) is 19.1 Å². The van der Waals surface area contributed by atoms with E-state index in [4.69, 9.17) is 5.73 Å². The number of nitrogens with two attached hydrogens (primary N) is 1. The highest BCUT2D eigenvalue weighted by molar-refractivity contribution is 7.09. The van der Waals surface area contributed by atoms with Crippen molar-refractivity contribution < 1.29 is 9.90 Å². The highest BCUT2D eigenvalue weighted by atomic mass is 32.1. The molecule has 1 aromatic heterocycles. The molecule has 2 rings (SSSR count). The van der Waals surface area contributed by atoms with E-state index in [2.05, 4.69) is 10.3 Å². The van der Waals surface area contributed by atoms with Crippen LogP contribution in [0.4, 0.5) is 0 Å². The van der Waals surface area contributed by atoms with Gasteiger partial charge in [-0.05, 0) is 37.5 Å². The van der Waals surface area contributed by atoms with Crippen molar-refractivity contribution in [2.75, 3.05) is 0 Å². The predicted molar refractivity (Wildman–Crippen MR) is 83.4 cm³/mol. The molecule has 21 heavy (non-hydrogen) atoms. The van der Waals surface area contributed by atoms with Gasteiger partial charge in [-0.3, -0.25) is 4.79 Å². The first-order chi connectivity index (χ1) is 10.1. The third-order valence-electron chi connectivity index (χ3n) is 3.14. The summed E-state index contributed by atoms with van der Waals surface area (Å²) in [6.07, 6.45) is 1.66. The van der Waals surface area contributed by atoms with E-state index >= 15 is 0 Å². The number of aromatic hydroxyl groups is 1. The van der Waals surface area contributed by atoms with Crippen LogP contribution in [-0.2, 0) is 13.0 Å². The molecule has 112 valence electrons. The number of nitrogens with zero attached hydrogens (tertiary/aromatic N) is 1. The van der Waals surface area contributed by atoms with E-state index in [0.717, 1.165) is 23.4 Å². The summed E-state index contributed by atoms with van der Waals surface area (Å²) in [5.41, 5.74) is 7.05. The van der Waals surface area contributed by atoms with Gasteiger partial charge in [0.2, 0.25) is 0 Å². The van der Waals surface area contributed by atoms with Gasteiger partial charge >= 0.3 is 0 Å². The smallest absolute Gasteiger partial charge is 0.270 e. The Morgan fingerprint density at radius 3 is 2.76 bits per heavy atom. The fraction of sp³-hybridized carbons (Fsp3) is 0.333. The highest BCUT2D eigenvalue weighted by Gasteiger charge is 2.13. The molecule has 0 aliphatic heterocycles. The number of amides is 1. The molecule has 0 spiro atoms. The molecule has 0 saturated carbocycles. The van der Waals surface area contributed by atoms with E-state index in [1.165, 1.54) is 11.3 Å². The second-order valence-electron chi connectivity index (χ2n) is 4.91. The number of carbonyl (C=O) groups excluding carboxylic acids is 1. The van der Waals surface area contributed by atoms with E-state index in [9.17, 15) is 9.90 Å². The molecule has 0 bridgehead atoms. The number of hydrogen-bond acceptors (Lipinski definition) is 5. The number of nitrogens with one attached hydrogen (secondary N) is 1. The maximum Gasteiger partial charge on any atom is 0.270 e. The average molecular weight is 305 g/mol. The summed E-state index contributed by atoms with van der Waals surface area (Å²) in [6, 6.07) is 7.16. The Morgan fingerprint density at radius 1 is 1.43 bits per heavy atom. The second-order valence-corrected chi connectivity index (χ2v) is 5.85. The first-order valence-corrected chi connectivity index (χ1v) is 7.69. The largest absolute Gasteiger partial charge is 0.508 e. The van der Waals surface area contributed by atoms with Crippen molar-refractivity contribution in [2.24, 2.45) is 5.73 Å². The van der Waals surface area contributed by atoms with E-state index < -0.39 is 0 Å². The van der Waals surface area contributed by atoms with Gasteiger partial charge in [0.1, 0.15) is 16.5 Å². The fourth-order valence-corrected chi connectivity index (χ4v) is 2.58. The Labute approximate surface area is 127 Å². The molecule has 5 nitrogen and oxygen atoms in total. The van der Waals surface area contributed by atoms with Gasteiger partial charge in [-0.2, -0.15) is 0 Å². The third kappa shape index (κ3) is 4.54. The van der Waals surface area contributed by atoms with Gasteiger partial charge in [0.25, 0.3) is 5.91 Å². The first kappa shape index (κ1) is 15.5. The van der Waals surface area contributed by atoms with Gasteiger partial charge in [0.15, 0.2) is 0 Å². The molecular weight excluding hydrogens is 286 g/mol. The topological polar surface area (TPSA) is 88.2 Å². The van der Waals surface area contributed by atoms with E-state index in [1.54, 1.807) is 17.5 Å². The molecule has 1 aromatic carbocycles. The monoisotopic (exact) mass is 305 g/mol. The molecule has 1 heterocycles. The number of aryl methyl sites for hydroxylation is 1. The van der Waals surface area contributed by atoms with Gasteiger partial charge in [-0.25, -0.2) is 4.98 Å². The molecule has 4 N–H and O–H groups in total. The van der Waals surface area contributed by atoms with Crippen LogP contribution in [0.1, 0.15) is 34.4 Å². The Hall–Kier alpha value is -1.92. The summed E-state index contributed by atoms with van der Waals surface area (Å²) in [4.78, 5) is 16.2. The molecule has 0 aliphatic rings. The predicted octanol–water partition coefficient (Wildman–Crippen LogP) is 2.06. The molecule has 1 atom stereocenters. The lowest BCUT2D eigenvalue weighted by Gasteiger charge is -2.13. The van der Waals surface area contributed by atoms with E-state index in [-0.39, 0.29) is 17.7 Å². The number of phenols is 1. The van der Waals surface area contributed by atoms with E-state index in [0.29, 0.717) is 12.2 Å². The van der Waals surface area contributed by atoms with Gasteiger partial charge in [0, 0.05) is 18.0 Å². The number of rotatable bonds is 6. The van der Waals surface area contributed by atoms with Gasteiger partial charge in [0.05, 0.1) is 0 Å². The quantitative estimate of drug-likeness (QED) is 0.762. The van der Waals surface area contributed by atoms with Crippen LogP contribution in [0.25, 0.3) is 0 Å². The second kappa shape index (κ2) is 7.19. The zero-order chi connectivity index (χ0) is 15.2. The van der Waals surface area contributed by atoms with Crippen molar-refractivity contribution >= 4 is 17.2 Å². The molecule has 1 unspecified atom stereocenters. The Kier molecular flexibility index (Phi) is 5.30. The minimum atomic E-state index is -0.163. The van der Waals surface area contributed by atoms with Crippen LogP contribution >= 0.6 is 11.3 Å². The van der Waals surface area contributed by atoms with Crippen molar-refractivity contribution in [2.45, 2.75) is 32.4 Å². The van der Waals surface area contributed by atoms with Crippen LogP contribution in [0.5, 0.6) is 5.75 Å². The molecule has 0 aliphatic carbocycles. The molecule has 2 aromatic rings. The van der Waals surface area contributed by atoms with Gasteiger partial charge in [-0.1, -0.05) is 12.1 Å². The molecular formula is C15H19N3O2S. The lowest BCUT2D eigenvalue weighted by atomic mass is 10.1. The lowest BCUT2D eigenvalue weighted by Crippen LogP contribution is -2.33. The van der Waals surface area contributed by atoms with Crippen molar-refractivity contribution in [3.63, 3.8) is 0 Å². The number of phenolic OH excluding ortho intramolecular Hbond substituents is 1. The van der Waals surface area contributed by atoms with Crippen LogP contribution in [0.2, 0.25) is 0 Å². The SMILES string of the molecule is CC(CCc1ccc(O)cc1)NC(=O)c1csc(CN)n1. The molecule has 6 heteroatoms. The van der Waals surface area contributed by atoms with Crippen molar-refractivity contribution in [3.8, 4) is 5.75 Å². The number of aromatic nitrogens is 1. The summed E-state index contributed by atoms with van der Waals surface area (Å²) >= 11 is 1.40. The zero-order valence-electron chi connectivity index (χ0n) is 11.9. The van der Waals surface area contributed by atoms with Crippen molar-refractivity contribution in [1.29, 1.82) is 0 Å². The Balaban J connectivity index is 1.82. The zero-order valence-corrected chi connectivity index (χ0v) is 12.7. The number of benzene rings is 1. The van der Waals surface area contributed by atoms with Crippen LogP contribution in [0.3, 0.4) is 0 Å². The minimum absolute atomic E-state index is 0.0503. The summed E-state index contributed by atoms with van der Waals surface area (Å²) in [6.45, 7) is 2.32. The Morgan fingerprint density at radius 2 is 2.14 bits per heavy atom. The number of carbonyl (C=O) groups is 1. The maximum atomic E-state index is 12.0. The fourth-order valence-electron chi connectivity index (χ4n) is 1.92. The van der Waals surface area contributed by atoms with Crippen LogP contribution in [0.15, 0.2) is 29.6 Å². The van der Waals surface area contributed by atoms with Crippen molar-refractivity contribution in [3.05, 3.63) is 45.9 Å². The minimum Gasteiger partial charge on any atom is -0.508 e. The average Bonchev–Trinajstić information content (AvgIpc) is 2.96. The van der Waals surface area contributed by atoms with Gasteiger partial charge in [-0.15, -0.1) is 11.3 Å². The normalized spacial score (nSPS) is 12.1. The van der Waals surface area contributed by atoms with Crippen LogP contribution in [0, 0.1) is 0 Å². The summed E-state index contributed by atoms with van der Waals surface area (Å²) in [5.74, 6) is 0.100. The molecule has 0 fully saturated rings. The van der Waals surface area contributed by atoms with Crippen LogP contribution < -0.4 is 11.1 Å². The Bertz CT molecular complexity index is 595. The first-order valence-electron chi connectivity index (χ1n) is 6.81. The number of hydrogen-bond donors (Lipinski definition) is 3. The number of thiazole rings is 1. The third-order valence-corrected chi connectivity index (χ3v) is 4.01. The standard InChI is InChI=1S/C15H19N3O2S/c1-10(2-3-11-4-6-12(19)7-5-11)17-15(20)13-9-21-14(8-16)18-13/h4-7,9-10,19H,2-3,8,16H2,1H3,(H,17,20). The summed E-state index contributed by atoms with van der Waals surface area (Å²) in [7, 11) is 0. The summed E-state index contributed by atoms with van der Waals surface area (Å²) in [5, 5.41) is 14.6. The molecule has 0 radical (unpaired) electrons. The van der Waals surface area contributed by atoms with Gasteiger partial charge < -0.3 is 16.2 Å². The van der Waals surface area contributed by atoms with Crippen molar-refractivity contribution in [1.82, 2.24) is 10.3 Å². The molecule has 0 saturated heterocycles. The summed E-state index contributed by atoms with van der Waals surface area (Å²) < 4.78 is 0. The highest BCUT2D eigenvalue weighted by Crippen LogP contribution is 2.12. The molecule has 1 amide bonds. The maximum absolute atomic E-state index is 12.0. The lowest BCUT2D eigenvalue weighted by molar-refractivity contribution is 0.0934. The van der Waals surface area contributed by atoms with Crippen LogP contribution in [-0.4, -0.2) is 22.0 Å².